The first kappa shape index (κ1) is 18.2. The third-order valence-electron chi connectivity index (χ3n) is 3.82. The minimum atomic E-state index is -0.790. The number of unbranched alkanes of at least 4 members (excludes halogenated alkanes) is 3. The molecule has 0 spiro atoms. The standard InChI is InChI=1S/C18H27NO3/c1-4-5-6-7-11-19(13-14(2)18(21)22)17-10-8-9-16(12-17)15(3)20/h8-10,12,14H,4-7,11,13H2,1-3H3,(H,21,22). The number of Topliss-reactive ketones (excluding diaryl/α,β-unsaturated/α-hetero) is 1. The van der Waals surface area contributed by atoms with Crippen LogP contribution in [-0.2, 0) is 4.79 Å². The van der Waals surface area contributed by atoms with Crippen LogP contribution in [0.15, 0.2) is 24.3 Å². The maximum absolute atomic E-state index is 11.5. The molecule has 0 aliphatic carbocycles. The van der Waals surface area contributed by atoms with Crippen molar-refractivity contribution in [1.29, 1.82) is 0 Å². The van der Waals surface area contributed by atoms with Gasteiger partial charge in [0.05, 0.1) is 5.92 Å². The fraction of sp³-hybridized carbons (Fsp3) is 0.556. The third-order valence-corrected chi connectivity index (χ3v) is 3.82. The van der Waals surface area contributed by atoms with Crippen molar-refractivity contribution in [2.45, 2.75) is 46.5 Å². The van der Waals surface area contributed by atoms with Crippen molar-refractivity contribution < 1.29 is 14.7 Å². The zero-order chi connectivity index (χ0) is 16.5. The Hall–Kier alpha value is -1.84. The molecule has 1 rings (SSSR count). The van der Waals surface area contributed by atoms with Gasteiger partial charge in [-0.2, -0.15) is 0 Å². The molecule has 0 aromatic heterocycles. The van der Waals surface area contributed by atoms with E-state index in [1.54, 1.807) is 19.9 Å². The molecule has 0 saturated carbocycles. The van der Waals surface area contributed by atoms with Gasteiger partial charge in [-0.15, -0.1) is 0 Å². The number of rotatable bonds is 10. The first-order valence-corrected chi connectivity index (χ1v) is 8.04. The molecule has 4 heteroatoms. The van der Waals surface area contributed by atoms with Crippen molar-refractivity contribution in [3.05, 3.63) is 29.8 Å². The van der Waals surface area contributed by atoms with Crippen LogP contribution < -0.4 is 4.90 Å². The van der Waals surface area contributed by atoms with E-state index in [9.17, 15) is 9.59 Å². The Bertz CT molecular complexity index is 499. The lowest BCUT2D eigenvalue weighted by molar-refractivity contribution is -0.140. The molecular formula is C18H27NO3. The molecule has 1 atom stereocenters. The molecule has 0 fully saturated rings. The van der Waals surface area contributed by atoms with Gasteiger partial charge in [-0.25, -0.2) is 0 Å². The quantitative estimate of drug-likeness (QED) is 0.524. The molecule has 0 aliphatic rings. The molecule has 122 valence electrons. The van der Waals surface area contributed by atoms with Crippen molar-refractivity contribution in [2.75, 3.05) is 18.0 Å². The van der Waals surface area contributed by atoms with Crippen LogP contribution in [0.5, 0.6) is 0 Å². The predicted octanol–water partition coefficient (Wildman–Crippen LogP) is 4.00. The lowest BCUT2D eigenvalue weighted by Gasteiger charge is -2.27. The molecule has 0 radical (unpaired) electrons. The molecule has 1 aromatic rings. The highest BCUT2D eigenvalue weighted by molar-refractivity contribution is 5.95. The highest BCUT2D eigenvalue weighted by Crippen LogP contribution is 2.19. The number of carboxylic acid groups (broad SMARTS) is 1. The number of benzene rings is 1. The van der Waals surface area contributed by atoms with Gasteiger partial charge in [0, 0.05) is 24.3 Å². The number of anilines is 1. The Morgan fingerprint density at radius 3 is 2.55 bits per heavy atom. The van der Waals surface area contributed by atoms with Crippen LogP contribution >= 0.6 is 0 Å². The summed E-state index contributed by atoms with van der Waals surface area (Å²) in [5, 5.41) is 9.15. The normalized spacial score (nSPS) is 12.0. The second-order valence-electron chi connectivity index (χ2n) is 5.85. The van der Waals surface area contributed by atoms with Crippen LogP contribution in [0.2, 0.25) is 0 Å². The summed E-state index contributed by atoms with van der Waals surface area (Å²) in [5.74, 6) is -1.20. The van der Waals surface area contributed by atoms with Crippen LogP contribution in [0.3, 0.4) is 0 Å². The van der Waals surface area contributed by atoms with Gasteiger partial charge in [0.15, 0.2) is 5.78 Å². The summed E-state index contributed by atoms with van der Waals surface area (Å²) in [5.41, 5.74) is 1.59. The minimum absolute atomic E-state index is 0.0269. The topological polar surface area (TPSA) is 57.6 Å². The summed E-state index contributed by atoms with van der Waals surface area (Å²) in [6.45, 7) is 6.71. The highest BCUT2D eigenvalue weighted by atomic mass is 16.4. The monoisotopic (exact) mass is 305 g/mol. The van der Waals surface area contributed by atoms with Gasteiger partial charge in [0.25, 0.3) is 0 Å². The van der Waals surface area contributed by atoms with Gasteiger partial charge in [-0.1, -0.05) is 45.2 Å². The summed E-state index contributed by atoms with van der Waals surface area (Å²) in [6, 6.07) is 7.45. The van der Waals surface area contributed by atoms with Crippen molar-refractivity contribution in [3.8, 4) is 0 Å². The van der Waals surface area contributed by atoms with E-state index >= 15 is 0 Å². The summed E-state index contributed by atoms with van der Waals surface area (Å²) in [4.78, 5) is 24.8. The van der Waals surface area contributed by atoms with Gasteiger partial charge in [0.1, 0.15) is 0 Å². The Morgan fingerprint density at radius 2 is 1.95 bits per heavy atom. The van der Waals surface area contributed by atoms with E-state index in [0.29, 0.717) is 12.1 Å². The maximum Gasteiger partial charge on any atom is 0.308 e. The zero-order valence-corrected chi connectivity index (χ0v) is 13.8. The van der Waals surface area contributed by atoms with Crippen molar-refractivity contribution in [1.82, 2.24) is 0 Å². The number of nitrogens with zero attached hydrogens (tertiary/aromatic N) is 1. The molecule has 0 bridgehead atoms. The van der Waals surface area contributed by atoms with Gasteiger partial charge >= 0.3 is 5.97 Å². The van der Waals surface area contributed by atoms with E-state index in [2.05, 4.69) is 11.8 Å². The second-order valence-corrected chi connectivity index (χ2v) is 5.85. The predicted molar refractivity (Wildman–Crippen MR) is 89.6 cm³/mol. The average Bonchev–Trinajstić information content (AvgIpc) is 2.50. The van der Waals surface area contributed by atoms with Crippen LogP contribution in [0.1, 0.15) is 56.8 Å². The van der Waals surface area contributed by atoms with Gasteiger partial charge in [-0.3, -0.25) is 9.59 Å². The van der Waals surface area contributed by atoms with E-state index in [1.807, 2.05) is 18.2 Å². The minimum Gasteiger partial charge on any atom is -0.481 e. The summed E-state index contributed by atoms with van der Waals surface area (Å²) in [7, 11) is 0. The van der Waals surface area contributed by atoms with E-state index in [1.165, 1.54) is 12.8 Å². The summed E-state index contributed by atoms with van der Waals surface area (Å²) >= 11 is 0. The first-order valence-electron chi connectivity index (χ1n) is 8.04. The zero-order valence-electron chi connectivity index (χ0n) is 13.8. The largest absolute Gasteiger partial charge is 0.481 e. The van der Waals surface area contributed by atoms with Crippen LogP contribution in [-0.4, -0.2) is 29.9 Å². The van der Waals surface area contributed by atoms with Crippen molar-refractivity contribution in [2.24, 2.45) is 5.92 Å². The van der Waals surface area contributed by atoms with Crippen molar-refractivity contribution >= 4 is 17.4 Å². The fourth-order valence-corrected chi connectivity index (χ4v) is 2.39. The third kappa shape index (κ3) is 5.88. The van der Waals surface area contributed by atoms with Crippen LogP contribution in [0.25, 0.3) is 0 Å². The number of aliphatic carboxylic acids is 1. The molecule has 4 nitrogen and oxygen atoms in total. The van der Waals surface area contributed by atoms with Gasteiger partial charge in [0.2, 0.25) is 0 Å². The van der Waals surface area contributed by atoms with Crippen molar-refractivity contribution in [3.63, 3.8) is 0 Å². The number of hydrogen-bond donors (Lipinski definition) is 1. The fourth-order valence-electron chi connectivity index (χ4n) is 2.39. The smallest absolute Gasteiger partial charge is 0.308 e. The SMILES string of the molecule is CCCCCCN(CC(C)C(=O)O)c1cccc(C(C)=O)c1. The molecule has 0 heterocycles. The number of carbonyl (C=O) groups is 2. The number of carboxylic acids is 1. The van der Waals surface area contributed by atoms with Crippen LogP contribution in [0, 0.1) is 5.92 Å². The van der Waals surface area contributed by atoms with Gasteiger partial charge < -0.3 is 10.0 Å². The highest BCUT2D eigenvalue weighted by Gasteiger charge is 2.17. The van der Waals surface area contributed by atoms with E-state index in [4.69, 9.17) is 5.11 Å². The Labute approximate surface area is 133 Å². The Morgan fingerprint density at radius 1 is 1.23 bits per heavy atom. The van der Waals surface area contributed by atoms with E-state index in [0.717, 1.165) is 25.1 Å². The van der Waals surface area contributed by atoms with E-state index < -0.39 is 11.9 Å². The molecule has 0 amide bonds. The lowest BCUT2D eigenvalue weighted by Crippen LogP contribution is -2.32. The lowest BCUT2D eigenvalue weighted by atomic mass is 10.1. The molecule has 22 heavy (non-hydrogen) atoms. The van der Waals surface area contributed by atoms with Crippen LogP contribution in [0.4, 0.5) is 5.69 Å². The number of ketones is 1. The summed E-state index contributed by atoms with van der Waals surface area (Å²) in [6.07, 6.45) is 4.53. The molecule has 0 saturated heterocycles. The van der Waals surface area contributed by atoms with Gasteiger partial charge in [-0.05, 0) is 25.5 Å². The van der Waals surface area contributed by atoms with E-state index in [-0.39, 0.29) is 5.78 Å². The number of carbonyl (C=O) groups excluding carboxylic acids is 1. The Balaban J connectivity index is 2.85. The average molecular weight is 305 g/mol. The Kier molecular flexibility index (Phi) is 7.64. The molecule has 1 aromatic carbocycles. The molecule has 0 aliphatic heterocycles. The number of hydrogen-bond acceptors (Lipinski definition) is 3. The summed E-state index contributed by atoms with van der Waals surface area (Å²) < 4.78 is 0. The second kappa shape index (κ2) is 9.23. The molecule has 1 N–H and O–H groups in total. The molecule has 1 unspecified atom stereocenters. The maximum atomic E-state index is 11.5. The first-order chi connectivity index (χ1) is 10.5. The molecular weight excluding hydrogens is 278 g/mol.